The Kier molecular flexibility index (Phi) is 11.5. The Morgan fingerprint density at radius 2 is 2.00 bits per heavy atom. The summed E-state index contributed by atoms with van der Waals surface area (Å²) in [6.07, 6.45) is 1.08. The molecule has 1 aromatic rings. The SMILES string of the molecule is CCNC(=NCc1ccc(C)cc1OCCOCC)NCCCN1CCOCC1. The second-order valence-corrected chi connectivity index (χ2v) is 7.09. The molecule has 1 aliphatic heterocycles. The predicted octanol–water partition coefficient (Wildman–Crippen LogP) is 2.19. The molecule has 7 nitrogen and oxygen atoms in total. The summed E-state index contributed by atoms with van der Waals surface area (Å²) in [5, 5.41) is 6.77. The van der Waals surface area contributed by atoms with Gasteiger partial charge in [-0.25, -0.2) is 4.99 Å². The van der Waals surface area contributed by atoms with Crippen LogP contribution in [0.1, 0.15) is 31.4 Å². The van der Waals surface area contributed by atoms with Gasteiger partial charge in [-0.2, -0.15) is 0 Å². The summed E-state index contributed by atoms with van der Waals surface area (Å²) in [6, 6.07) is 6.26. The molecule has 1 saturated heterocycles. The number of benzene rings is 1. The summed E-state index contributed by atoms with van der Waals surface area (Å²) in [4.78, 5) is 7.20. The number of hydrogen-bond donors (Lipinski definition) is 2. The lowest BCUT2D eigenvalue weighted by Gasteiger charge is -2.26. The summed E-state index contributed by atoms with van der Waals surface area (Å²) in [7, 11) is 0. The van der Waals surface area contributed by atoms with Crippen molar-refractivity contribution in [1.82, 2.24) is 15.5 Å². The van der Waals surface area contributed by atoms with E-state index in [-0.39, 0.29) is 0 Å². The molecular formula is C22H38N4O3. The van der Waals surface area contributed by atoms with E-state index in [9.17, 15) is 0 Å². The van der Waals surface area contributed by atoms with Crippen LogP contribution in [-0.4, -0.2) is 76.6 Å². The van der Waals surface area contributed by atoms with Gasteiger partial charge in [0.15, 0.2) is 5.96 Å². The first-order valence-electron chi connectivity index (χ1n) is 10.8. The zero-order valence-electron chi connectivity index (χ0n) is 18.3. The van der Waals surface area contributed by atoms with Crippen molar-refractivity contribution in [3.63, 3.8) is 0 Å². The van der Waals surface area contributed by atoms with Crippen LogP contribution < -0.4 is 15.4 Å². The van der Waals surface area contributed by atoms with Crippen LogP contribution in [0.3, 0.4) is 0 Å². The van der Waals surface area contributed by atoms with E-state index in [1.165, 1.54) is 5.56 Å². The molecule has 2 N–H and O–H groups in total. The van der Waals surface area contributed by atoms with Gasteiger partial charge in [0, 0.05) is 38.3 Å². The Bertz CT molecular complexity index is 604. The summed E-state index contributed by atoms with van der Waals surface area (Å²) in [5.41, 5.74) is 2.26. The lowest BCUT2D eigenvalue weighted by molar-refractivity contribution is 0.0376. The number of aliphatic imine (C=N–C) groups is 1. The molecule has 0 spiro atoms. The summed E-state index contributed by atoms with van der Waals surface area (Å²) in [5.74, 6) is 1.73. The average Bonchev–Trinajstić information content (AvgIpc) is 2.74. The number of ether oxygens (including phenoxy) is 3. The normalized spacial score (nSPS) is 15.3. The van der Waals surface area contributed by atoms with E-state index >= 15 is 0 Å². The molecule has 0 amide bonds. The van der Waals surface area contributed by atoms with E-state index in [1.807, 2.05) is 6.92 Å². The largest absolute Gasteiger partial charge is 0.491 e. The smallest absolute Gasteiger partial charge is 0.191 e. The van der Waals surface area contributed by atoms with E-state index in [0.717, 1.165) is 69.6 Å². The van der Waals surface area contributed by atoms with Crippen molar-refractivity contribution >= 4 is 5.96 Å². The van der Waals surface area contributed by atoms with Gasteiger partial charge in [0.2, 0.25) is 0 Å². The molecule has 164 valence electrons. The lowest BCUT2D eigenvalue weighted by atomic mass is 10.1. The molecule has 2 rings (SSSR count). The van der Waals surface area contributed by atoms with Gasteiger partial charge in [-0.1, -0.05) is 12.1 Å². The molecule has 0 saturated carbocycles. The van der Waals surface area contributed by atoms with Gasteiger partial charge in [0.05, 0.1) is 26.4 Å². The molecule has 1 fully saturated rings. The number of morpholine rings is 1. The van der Waals surface area contributed by atoms with E-state index in [2.05, 4.69) is 47.6 Å². The quantitative estimate of drug-likeness (QED) is 0.315. The summed E-state index contributed by atoms with van der Waals surface area (Å²) < 4.78 is 16.7. The first kappa shape index (κ1) is 23.4. The highest BCUT2D eigenvalue weighted by molar-refractivity contribution is 5.79. The highest BCUT2D eigenvalue weighted by atomic mass is 16.5. The number of nitrogens with one attached hydrogen (secondary N) is 2. The van der Waals surface area contributed by atoms with Crippen molar-refractivity contribution in [1.29, 1.82) is 0 Å². The lowest BCUT2D eigenvalue weighted by Crippen LogP contribution is -2.40. The first-order chi connectivity index (χ1) is 14.2. The Balaban J connectivity index is 1.84. The van der Waals surface area contributed by atoms with Gasteiger partial charge in [0.25, 0.3) is 0 Å². The number of nitrogens with zero attached hydrogens (tertiary/aromatic N) is 2. The number of aryl methyl sites for hydroxylation is 1. The molecule has 29 heavy (non-hydrogen) atoms. The minimum absolute atomic E-state index is 0.549. The predicted molar refractivity (Wildman–Crippen MR) is 118 cm³/mol. The third-order valence-electron chi connectivity index (χ3n) is 4.71. The van der Waals surface area contributed by atoms with Crippen LogP contribution in [0, 0.1) is 6.92 Å². The Morgan fingerprint density at radius 1 is 1.17 bits per heavy atom. The number of rotatable bonds is 12. The maximum absolute atomic E-state index is 5.93. The Morgan fingerprint density at radius 3 is 2.76 bits per heavy atom. The molecule has 0 radical (unpaired) electrons. The average molecular weight is 407 g/mol. The first-order valence-corrected chi connectivity index (χ1v) is 10.8. The van der Waals surface area contributed by atoms with Crippen LogP contribution in [0.15, 0.2) is 23.2 Å². The molecule has 7 heteroatoms. The highest BCUT2D eigenvalue weighted by Crippen LogP contribution is 2.21. The van der Waals surface area contributed by atoms with E-state index < -0.39 is 0 Å². The highest BCUT2D eigenvalue weighted by Gasteiger charge is 2.09. The van der Waals surface area contributed by atoms with Gasteiger partial charge < -0.3 is 24.8 Å². The summed E-state index contributed by atoms with van der Waals surface area (Å²) >= 11 is 0. The summed E-state index contributed by atoms with van der Waals surface area (Å²) in [6.45, 7) is 15.2. The number of guanidine groups is 1. The molecular weight excluding hydrogens is 368 g/mol. The van der Waals surface area contributed by atoms with Crippen molar-refractivity contribution in [2.75, 3.05) is 65.8 Å². The minimum Gasteiger partial charge on any atom is -0.491 e. The van der Waals surface area contributed by atoms with Crippen molar-refractivity contribution in [3.8, 4) is 5.75 Å². The van der Waals surface area contributed by atoms with Crippen LogP contribution in [0.25, 0.3) is 0 Å². The van der Waals surface area contributed by atoms with Gasteiger partial charge in [-0.3, -0.25) is 4.90 Å². The zero-order chi connectivity index (χ0) is 20.7. The zero-order valence-corrected chi connectivity index (χ0v) is 18.3. The van der Waals surface area contributed by atoms with E-state index in [4.69, 9.17) is 19.2 Å². The molecule has 0 unspecified atom stereocenters. The molecule has 0 bridgehead atoms. The van der Waals surface area contributed by atoms with Gasteiger partial charge in [-0.05, 0) is 45.4 Å². The minimum atomic E-state index is 0.549. The fraction of sp³-hybridized carbons (Fsp3) is 0.682. The third-order valence-corrected chi connectivity index (χ3v) is 4.71. The van der Waals surface area contributed by atoms with Crippen molar-refractivity contribution in [2.45, 2.75) is 33.7 Å². The van der Waals surface area contributed by atoms with Crippen molar-refractivity contribution < 1.29 is 14.2 Å². The topological polar surface area (TPSA) is 67.4 Å². The molecule has 1 aliphatic rings. The Labute approximate surface area is 175 Å². The molecule has 0 aromatic heterocycles. The molecule has 0 atom stereocenters. The molecule has 0 aliphatic carbocycles. The van der Waals surface area contributed by atoms with E-state index in [0.29, 0.717) is 26.4 Å². The molecule has 1 heterocycles. The van der Waals surface area contributed by atoms with Gasteiger partial charge in [-0.15, -0.1) is 0 Å². The second-order valence-electron chi connectivity index (χ2n) is 7.09. The van der Waals surface area contributed by atoms with Gasteiger partial charge >= 0.3 is 0 Å². The third kappa shape index (κ3) is 9.47. The van der Waals surface area contributed by atoms with Crippen LogP contribution >= 0.6 is 0 Å². The van der Waals surface area contributed by atoms with Crippen molar-refractivity contribution in [2.24, 2.45) is 4.99 Å². The van der Waals surface area contributed by atoms with Crippen LogP contribution in [0.2, 0.25) is 0 Å². The fourth-order valence-electron chi connectivity index (χ4n) is 3.12. The maximum atomic E-state index is 5.93. The van der Waals surface area contributed by atoms with E-state index in [1.54, 1.807) is 0 Å². The van der Waals surface area contributed by atoms with Crippen molar-refractivity contribution in [3.05, 3.63) is 29.3 Å². The van der Waals surface area contributed by atoms with Crippen LogP contribution in [0.4, 0.5) is 0 Å². The number of hydrogen-bond acceptors (Lipinski definition) is 5. The standard InChI is InChI=1S/C22H38N4O3/c1-4-23-22(24-9-6-10-26-11-13-28-14-12-26)25-18-20-8-7-19(3)17-21(20)29-16-15-27-5-2/h7-8,17H,4-6,9-16,18H2,1-3H3,(H2,23,24,25). The molecule has 1 aromatic carbocycles. The second kappa shape index (κ2) is 14.2. The van der Waals surface area contributed by atoms with Gasteiger partial charge in [0.1, 0.15) is 12.4 Å². The Hall–Kier alpha value is -1.83. The van der Waals surface area contributed by atoms with Crippen LogP contribution in [0.5, 0.6) is 5.75 Å². The fourth-order valence-corrected chi connectivity index (χ4v) is 3.12. The maximum Gasteiger partial charge on any atom is 0.191 e. The van der Waals surface area contributed by atoms with Crippen LogP contribution in [-0.2, 0) is 16.0 Å². The monoisotopic (exact) mass is 406 g/mol.